The second kappa shape index (κ2) is 6.02. The largest absolute Gasteiger partial charge is 0.384 e. The number of nitrogens with one attached hydrogen (secondary N) is 1. The Morgan fingerprint density at radius 2 is 2.33 bits per heavy atom. The maximum absolute atomic E-state index is 11.8. The number of thiophene rings is 1. The van der Waals surface area contributed by atoms with Crippen LogP contribution in [0.5, 0.6) is 0 Å². The minimum absolute atomic E-state index is 0.111. The first-order valence-electron chi connectivity index (χ1n) is 5.74. The van der Waals surface area contributed by atoms with E-state index in [4.69, 9.17) is 11.6 Å². The van der Waals surface area contributed by atoms with Gasteiger partial charge in [-0.15, -0.1) is 11.3 Å². The second-order valence-electron chi connectivity index (χ2n) is 3.87. The molecule has 2 rings (SSSR count). The van der Waals surface area contributed by atoms with Crippen molar-refractivity contribution < 1.29 is 0 Å². The van der Waals surface area contributed by atoms with Crippen molar-refractivity contribution in [1.29, 1.82) is 0 Å². The third-order valence-electron chi connectivity index (χ3n) is 2.38. The molecule has 2 aromatic heterocycles. The summed E-state index contributed by atoms with van der Waals surface area (Å²) in [6.07, 6.45) is 2.68. The molecule has 0 saturated heterocycles. The lowest BCUT2D eigenvalue weighted by Gasteiger charge is -2.06. The molecule has 2 heterocycles. The summed E-state index contributed by atoms with van der Waals surface area (Å²) in [6.45, 7) is 3.37. The molecule has 1 N–H and O–H groups in total. The zero-order chi connectivity index (χ0) is 13.0. The monoisotopic (exact) mass is 283 g/mol. The number of hydrogen-bond donors (Lipinski definition) is 1. The fraction of sp³-hybridized carbons (Fsp3) is 0.333. The van der Waals surface area contributed by atoms with Gasteiger partial charge in [0.25, 0.3) is 5.56 Å². The highest BCUT2D eigenvalue weighted by Crippen LogP contribution is 2.21. The van der Waals surface area contributed by atoms with Crippen LogP contribution in [-0.2, 0) is 6.54 Å². The van der Waals surface area contributed by atoms with Crippen LogP contribution in [0.4, 0.5) is 5.69 Å². The van der Waals surface area contributed by atoms with Gasteiger partial charge in [-0.1, -0.05) is 18.5 Å². The number of rotatable bonds is 5. The molecule has 96 valence electrons. The Bertz CT molecular complexity index is 579. The summed E-state index contributed by atoms with van der Waals surface area (Å²) in [4.78, 5) is 12.9. The van der Waals surface area contributed by atoms with Gasteiger partial charge in [0.15, 0.2) is 0 Å². The highest BCUT2D eigenvalue weighted by molar-refractivity contribution is 7.16. The molecule has 0 aromatic carbocycles. The van der Waals surface area contributed by atoms with Crippen LogP contribution in [0.1, 0.15) is 18.2 Å². The Morgan fingerprint density at radius 1 is 1.50 bits per heavy atom. The molecular weight excluding hydrogens is 270 g/mol. The Hall–Kier alpha value is -1.33. The van der Waals surface area contributed by atoms with Crippen molar-refractivity contribution in [2.24, 2.45) is 0 Å². The average molecular weight is 284 g/mol. The smallest absolute Gasteiger partial charge is 0.269 e. The summed E-state index contributed by atoms with van der Waals surface area (Å²) in [7, 11) is 0. The van der Waals surface area contributed by atoms with E-state index in [9.17, 15) is 4.79 Å². The highest BCUT2D eigenvalue weighted by atomic mass is 35.5. The molecule has 0 unspecified atom stereocenters. The first-order chi connectivity index (χ1) is 8.69. The summed E-state index contributed by atoms with van der Waals surface area (Å²) in [5.74, 6) is 0. The number of aromatic nitrogens is 2. The number of anilines is 1. The first kappa shape index (κ1) is 13.1. The molecule has 0 bridgehead atoms. The molecule has 0 fully saturated rings. The van der Waals surface area contributed by atoms with Crippen LogP contribution in [0.3, 0.4) is 0 Å². The average Bonchev–Trinajstić information content (AvgIpc) is 2.75. The molecule has 0 radical (unpaired) electrons. The quantitative estimate of drug-likeness (QED) is 0.918. The predicted octanol–water partition coefficient (Wildman–Crippen LogP) is 2.83. The summed E-state index contributed by atoms with van der Waals surface area (Å²) < 4.78 is 2.15. The van der Waals surface area contributed by atoms with Gasteiger partial charge in [-0.05, 0) is 18.6 Å². The fourth-order valence-corrected chi connectivity index (χ4v) is 2.57. The van der Waals surface area contributed by atoms with E-state index < -0.39 is 0 Å². The van der Waals surface area contributed by atoms with Gasteiger partial charge in [0.2, 0.25) is 0 Å². The lowest BCUT2D eigenvalue weighted by molar-refractivity contribution is 0.646. The minimum Gasteiger partial charge on any atom is -0.384 e. The van der Waals surface area contributed by atoms with Gasteiger partial charge in [0, 0.05) is 17.5 Å². The maximum Gasteiger partial charge on any atom is 0.269 e. The van der Waals surface area contributed by atoms with E-state index in [1.165, 1.54) is 16.0 Å². The molecule has 6 heteroatoms. The molecule has 0 spiro atoms. The lowest BCUT2D eigenvalue weighted by Crippen LogP contribution is -2.22. The van der Waals surface area contributed by atoms with Crippen LogP contribution in [0, 0.1) is 0 Å². The molecule has 0 aliphatic carbocycles. The van der Waals surface area contributed by atoms with E-state index in [0.717, 1.165) is 27.9 Å². The molecule has 0 atom stereocenters. The third-order valence-corrected chi connectivity index (χ3v) is 3.60. The summed E-state index contributed by atoms with van der Waals surface area (Å²) in [6, 6.07) is 5.30. The van der Waals surface area contributed by atoms with Crippen LogP contribution < -0.4 is 10.9 Å². The van der Waals surface area contributed by atoms with Gasteiger partial charge >= 0.3 is 0 Å². The van der Waals surface area contributed by atoms with E-state index in [0.29, 0.717) is 6.54 Å². The molecule has 0 amide bonds. The topological polar surface area (TPSA) is 46.9 Å². The normalized spacial score (nSPS) is 10.6. The van der Waals surface area contributed by atoms with Crippen LogP contribution in [0.2, 0.25) is 4.34 Å². The van der Waals surface area contributed by atoms with Gasteiger partial charge < -0.3 is 5.32 Å². The Balaban J connectivity index is 2.12. The predicted molar refractivity (Wildman–Crippen MR) is 75.7 cm³/mol. The SMILES string of the molecule is CCCNc1cnn(Cc2ccc(Cl)s2)c(=O)c1. The zero-order valence-corrected chi connectivity index (χ0v) is 11.6. The summed E-state index contributed by atoms with van der Waals surface area (Å²) in [5.41, 5.74) is 0.655. The third kappa shape index (κ3) is 3.34. The van der Waals surface area contributed by atoms with Crippen molar-refractivity contribution in [3.8, 4) is 0 Å². The highest BCUT2D eigenvalue weighted by Gasteiger charge is 2.03. The van der Waals surface area contributed by atoms with Crippen molar-refractivity contribution >= 4 is 28.6 Å². The van der Waals surface area contributed by atoms with E-state index in [1.54, 1.807) is 12.3 Å². The van der Waals surface area contributed by atoms with Gasteiger partial charge in [-0.3, -0.25) is 4.79 Å². The summed E-state index contributed by atoms with van der Waals surface area (Å²) in [5, 5.41) is 7.28. The van der Waals surface area contributed by atoms with Gasteiger partial charge in [0.1, 0.15) is 0 Å². The van der Waals surface area contributed by atoms with Crippen LogP contribution in [0.25, 0.3) is 0 Å². The van der Waals surface area contributed by atoms with Gasteiger partial charge in [-0.2, -0.15) is 5.10 Å². The molecule has 18 heavy (non-hydrogen) atoms. The van der Waals surface area contributed by atoms with Crippen molar-refractivity contribution in [3.05, 3.63) is 44.0 Å². The number of hydrogen-bond acceptors (Lipinski definition) is 4. The van der Waals surface area contributed by atoms with Crippen molar-refractivity contribution in [2.45, 2.75) is 19.9 Å². The number of nitrogens with zero attached hydrogens (tertiary/aromatic N) is 2. The molecule has 4 nitrogen and oxygen atoms in total. The van der Waals surface area contributed by atoms with Crippen molar-refractivity contribution in [1.82, 2.24) is 9.78 Å². The van der Waals surface area contributed by atoms with E-state index in [2.05, 4.69) is 17.3 Å². The van der Waals surface area contributed by atoms with Crippen LogP contribution >= 0.6 is 22.9 Å². The number of halogens is 1. The Labute approximate surface area is 114 Å². The lowest BCUT2D eigenvalue weighted by atomic mass is 10.4. The minimum atomic E-state index is -0.111. The Kier molecular flexibility index (Phi) is 4.38. The van der Waals surface area contributed by atoms with Gasteiger partial charge in [0.05, 0.1) is 22.8 Å². The standard InChI is InChI=1S/C12H14ClN3OS/c1-2-5-14-9-6-12(17)16(15-7-9)8-10-3-4-11(13)18-10/h3-4,6-7,14H,2,5,8H2,1H3. The molecule has 0 aliphatic rings. The summed E-state index contributed by atoms with van der Waals surface area (Å²) >= 11 is 7.31. The van der Waals surface area contributed by atoms with Crippen LogP contribution in [-0.4, -0.2) is 16.3 Å². The van der Waals surface area contributed by atoms with Crippen LogP contribution in [0.15, 0.2) is 29.2 Å². The first-order valence-corrected chi connectivity index (χ1v) is 6.93. The maximum atomic E-state index is 11.8. The van der Waals surface area contributed by atoms with E-state index >= 15 is 0 Å². The van der Waals surface area contributed by atoms with Crippen molar-refractivity contribution in [3.63, 3.8) is 0 Å². The molecule has 0 saturated carbocycles. The second-order valence-corrected chi connectivity index (χ2v) is 5.67. The molecular formula is C12H14ClN3OS. The van der Waals surface area contributed by atoms with E-state index in [-0.39, 0.29) is 5.56 Å². The fourth-order valence-electron chi connectivity index (χ4n) is 1.50. The van der Waals surface area contributed by atoms with Crippen molar-refractivity contribution in [2.75, 3.05) is 11.9 Å². The molecule has 2 aromatic rings. The van der Waals surface area contributed by atoms with E-state index in [1.807, 2.05) is 12.1 Å². The molecule has 0 aliphatic heterocycles. The Morgan fingerprint density at radius 3 is 2.94 bits per heavy atom. The zero-order valence-electron chi connectivity index (χ0n) is 10.0. The van der Waals surface area contributed by atoms with Gasteiger partial charge in [-0.25, -0.2) is 4.68 Å².